The van der Waals surface area contributed by atoms with Gasteiger partial charge < -0.3 is 15.5 Å². The van der Waals surface area contributed by atoms with Crippen molar-refractivity contribution in [3.05, 3.63) is 29.8 Å². The highest BCUT2D eigenvalue weighted by atomic mass is 16.4. The highest BCUT2D eigenvalue weighted by Gasteiger charge is 2.58. The van der Waals surface area contributed by atoms with Crippen LogP contribution in [0.2, 0.25) is 0 Å². The van der Waals surface area contributed by atoms with Crippen LogP contribution in [0.1, 0.15) is 44.0 Å². The van der Waals surface area contributed by atoms with Gasteiger partial charge in [-0.2, -0.15) is 0 Å². The van der Waals surface area contributed by atoms with Crippen LogP contribution in [0.5, 0.6) is 0 Å². The number of nitrogens with one attached hydrogen (secondary N) is 1. The van der Waals surface area contributed by atoms with E-state index >= 15 is 0 Å². The van der Waals surface area contributed by atoms with Crippen LogP contribution in [0, 0.1) is 16.7 Å². The molecule has 1 saturated carbocycles. The van der Waals surface area contributed by atoms with Gasteiger partial charge in [0.15, 0.2) is 0 Å². The fourth-order valence-corrected chi connectivity index (χ4v) is 3.34. The van der Waals surface area contributed by atoms with Gasteiger partial charge in [-0.1, -0.05) is 26.0 Å². The molecule has 0 spiro atoms. The lowest BCUT2D eigenvalue weighted by atomic mass is 9.65. The van der Waals surface area contributed by atoms with Gasteiger partial charge in [0.25, 0.3) is 0 Å². The maximum Gasteiger partial charge on any atom is 0.337 e. The molecule has 2 atom stereocenters. The first-order valence-electron chi connectivity index (χ1n) is 7.48. The minimum absolute atomic E-state index is 0.0117. The highest BCUT2D eigenvalue weighted by molar-refractivity contribution is 6.01. The number of hydrogen-bond donors (Lipinski definition) is 3. The largest absolute Gasteiger partial charge is 0.481 e. The average molecular weight is 319 g/mol. The van der Waals surface area contributed by atoms with E-state index in [1.54, 1.807) is 32.9 Å². The third kappa shape index (κ3) is 2.69. The van der Waals surface area contributed by atoms with Crippen LogP contribution < -0.4 is 5.32 Å². The molecular formula is C17H21NO5. The van der Waals surface area contributed by atoms with E-state index < -0.39 is 28.7 Å². The molecule has 0 radical (unpaired) electrons. The Morgan fingerprint density at radius 1 is 1.13 bits per heavy atom. The summed E-state index contributed by atoms with van der Waals surface area (Å²) in [5.74, 6) is -2.87. The topological polar surface area (TPSA) is 104 Å². The zero-order chi connectivity index (χ0) is 17.4. The van der Waals surface area contributed by atoms with Crippen LogP contribution in [-0.4, -0.2) is 28.1 Å². The smallest absolute Gasteiger partial charge is 0.337 e. The third-order valence-corrected chi connectivity index (χ3v) is 5.43. The van der Waals surface area contributed by atoms with Crippen molar-refractivity contribution in [3.8, 4) is 0 Å². The molecule has 3 N–H and O–H groups in total. The highest BCUT2D eigenvalue weighted by Crippen LogP contribution is 2.56. The second-order valence-corrected chi connectivity index (χ2v) is 6.79. The summed E-state index contributed by atoms with van der Waals surface area (Å²) >= 11 is 0. The summed E-state index contributed by atoms with van der Waals surface area (Å²) in [5, 5.41) is 21.3. The molecule has 6 heteroatoms. The van der Waals surface area contributed by atoms with Gasteiger partial charge in [0, 0.05) is 5.92 Å². The van der Waals surface area contributed by atoms with Crippen molar-refractivity contribution in [3.63, 3.8) is 0 Å². The lowest BCUT2D eigenvalue weighted by Gasteiger charge is -2.37. The van der Waals surface area contributed by atoms with Crippen molar-refractivity contribution in [2.45, 2.75) is 33.6 Å². The first-order valence-corrected chi connectivity index (χ1v) is 7.48. The number of rotatable bonds is 4. The number of carbonyl (C=O) groups excluding carboxylic acids is 1. The number of para-hydroxylation sites is 1. The minimum Gasteiger partial charge on any atom is -0.481 e. The van der Waals surface area contributed by atoms with Crippen LogP contribution in [0.4, 0.5) is 5.69 Å². The van der Waals surface area contributed by atoms with Gasteiger partial charge in [-0.15, -0.1) is 0 Å². The van der Waals surface area contributed by atoms with E-state index in [4.69, 9.17) is 0 Å². The van der Waals surface area contributed by atoms with Crippen molar-refractivity contribution in [1.82, 2.24) is 0 Å². The monoisotopic (exact) mass is 319 g/mol. The second-order valence-electron chi connectivity index (χ2n) is 6.79. The Morgan fingerprint density at radius 2 is 1.74 bits per heavy atom. The van der Waals surface area contributed by atoms with Gasteiger partial charge in [0.1, 0.15) is 0 Å². The summed E-state index contributed by atoms with van der Waals surface area (Å²) < 4.78 is 0. The Bertz CT molecular complexity index is 667. The Morgan fingerprint density at radius 3 is 2.26 bits per heavy atom. The number of aliphatic carboxylic acids is 1. The van der Waals surface area contributed by atoms with Crippen LogP contribution in [0.3, 0.4) is 0 Å². The van der Waals surface area contributed by atoms with Crippen LogP contribution in [0.25, 0.3) is 0 Å². The molecule has 23 heavy (non-hydrogen) atoms. The lowest BCUT2D eigenvalue weighted by molar-refractivity contribution is -0.154. The predicted molar refractivity (Wildman–Crippen MR) is 84.3 cm³/mol. The molecule has 1 aromatic rings. The van der Waals surface area contributed by atoms with E-state index in [0.717, 1.165) is 0 Å². The van der Waals surface area contributed by atoms with Gasteiger partial charge in [-0.25, -0.2) is 4.79 Å². The first-order chi connectivity index (χ1) is 10.6. The van der Waals surface area contributed by atoms with E-state index in [1.165, 1.54) is 12.1 Å². The van der Waals surface area contributed by atoms with Crippen molar-refractivity contribution >= 4 is 23.5 Å². The van der Waals surface area contributed by atoms with Crippen molar-refractivity contribution in [2.24, 2.45) is 16.7 Å². The Labute approximate surface area is 134 Å². The molecule has 0 aliphatic heterocycles. The standard InChI is InChI=1S/C17H21NO5/c1-16(2)11(8-9-17(16,3)15(22)23)13(19)18-12-7-5-4-6-10(12)14(20)21/h4-7,11H,8-9H2,1-3H3,(H,18,19)(H,20,21)(H,22,23)/t11-,17+/m0/s1. The van der Waals surface area contributed by atoms with Crippen LogP contribution in [0.15, 0.2) is 24.3 Å². The van der Waals surface area contributed by atoms with Crippen molar-refractivity contribution < 1.29 is 24.6 Å². The molecule has 0 bridgehead atoms. The number of aromatic carboxylic acids is 1. The number of anilines is 1. The number of carbonyl (C=O) groups is 3. The second kappa shape index (κ2) is 5.68. The molecule has 1 aliphatic rings. The summed E-state index contributed by atoms with van der Waals surface area (Å²) in [6.07, 6.45) is 0.866. The van der Waals surface area contributed by atoms with Crippen molar-refractivity contribution in [2.75, 3.05) is 5.32 Å². The lowest BCUT2D eigenvalue weighted by Crippen LogP contribution is -2.43. The fourth-order valence-electron chi connectivity index (χ4n) is 3.34. The predicted octanol–water partition coefficient (Wildman–Crippen LogP) is 2.85. The molecule has 2 rings (SSSR count). The van der Waals surface area contributed by atoms with E-state index in [1.807, 2.05) is 0 Å². The summed E-state index contributed by atoms with van der Waals surface area (Å²) in [5.41, 5.74) is -1.48. The summed E-state index contributed by atoms with van der Waals surface area (Å²) in [4.78, 5) is 35.4. The number of amides is 1. The summed E-state index contributed by atoms with van der Waals surface area (Å²) in [7, 11) is 0. The number of benzene rings is 1. The van der Waals surface area contributed by atoms with Gasteiger partial charge in [-0.05, 0) is 37.3 Å². The average Bonchev–Trinajstić information content (AvgIpc) is 2.71. The summed E-state index contributed by atoms with van der Waals surface area (Å²) in [6, 6.07) is 6.17. The van der Waals surface area contributed by atoms with Crippen molar-refractivity contribution in [1.29, 1.82) is 0 Å². The molecule has 1 fully saturated rings. The number of carboxylic acid groups (broad SMARTS) is 2. The molecule has 0 heterocycles. The normalized spacial score (nSPS) is 25.8. The molecule has 0 aromatic heterocycles. The number of carboxylic acids is 2. The molecule has 0 unspecified atom stereocenters. The Kier molecular flexibility index (Phi) is 4.20. The van der Waals surface area contributed by atoms with Gasteiger partial charge in [-0.3, -0.25) is 9.59 Å². The first kappa shape index (κ1) is 17.0. The van der Waals surface area contributed by atoms with Gasteiger partial charge in [0.05, 0.1) is 16.7 Å². The zero-order valence-electron chi connectivity index (χ0n) is 13.4. The SMILES string of the molecule is CC1(C)[C@H](C(=O)Nc2ccccc2C(=O)O)CC[C@]1(C)C(=O)O. The quantitative estimate of drug-likeness (QED) is 0.791. The fraction of sp³-hybridized carbons (Fsp3) is 0.471. The van der Waals surface area contributed by atoms with E-state index in [9.17, 15) is 24.6 Å². The third-order valence-electron chi connectivity index (χ3n) is 5.43. The van der Waals surface area contributed by atoms with E-state index in [2.05, 4.69) is 5.32 Å². The molecular weight excluding hydrogens is 298 g/mol. The maximum absolute atomic E-state index is 12.6. The zero-order valence-corrected chi connectivity index (χ0v) is 13.4. The van der Waals surface area contributed by atoms with Gasteiger partial charge in [0.2, 0.25) is 5.91 Å². The Balaban J connectivity index is 2.26. The van der Waals surface area contributed by atoms with Crippen LogP contribution >= 0.6 is 0 Å². The maximum atomic E-state index is 12.6. The van der Waals surface area contributed by atoms with E-state index in [-0.39, 0.29) is 17.2 Å². The minimum atomic E-state index is -1.12. The molecule has 124 valence electrons. The summed E-state index contributed by atoms with van der Waals surface area (Å²) in [6.45, 7) is 5.22. The molecule has 6 nitrogen and oxygen atoms in total. The van der Waals surface area contributed by atoms with Gasteiger partial charge >= 0.3 is 11.9 Å². The van der Waals surface area contributed by atoms with Crippen LogP contribution in [-0.2, 0) is 9.59 Å². The Hall–Kier alpha value is -2.37. The molecule has 1 amide bonds. The molecule has 1 aromatic carbocycles. The van der Waals surface area contributed by atoms with E-state index in [0.29, 0.717) is 12.8 Å². The molecule has 1 aliphatic carbocycles. The molecule has 0 saturated heterocycles. The number of hydrogen-bond acceptors (Lipinski definition) is 3.